The summed E-state index contributed by atoms with van der Waals surface area (Å²) in [6.45, 7) is 3.92. The fourth-order valence-electron chi connectivity index (χ4n) is 3.08. The molecular weight excluding hydrogens is 322 g/mol. The Kier molecular flexibility index (Phi) is 4.17. The van der Waals surface area contributed by atoms with Crippen LogP contribution in [-0.2, 0) is 11.3 Å². The predicted molar refractivity (Wildman–Crippen MR) is 95.3 cm³/mol. The first-order valence-electron chi connectivity index (χ1n) is 8.13. The lowest BCUT2D eigenvalue weighted by atomic mass is 10.2. The van der Waals surface area contributed by atoms with E-state index in [9.17, 15) is 4.79 Å². The van der Waals surface area contributed by atoms with Crippen molar-refractivity contribution >= 4 is 33.4 Å². The van der Waals surface area contributed by atoms with Crippen LogP contribution in [0.25, 0.3) is 11.0 Å². The van der Waals surface area contributed by atoms with Crippen molar-refractivity contribution in [1.29, 1.82) is 0 Å². The molecule has 0 bridgehead atoms. The topological polar surface area (TPSA) is 54.3 Å². The summed E-state index contributed by atoms with van der Waals surface area (Å²) in [5, 5.41) is 3.04. The number of thiazole rings is 1. The highest BCUT2D eigenvalue weighted by Gasteiger charge is 2.22. The van der Waals surface area contributed by atoms with Crippen molar-refractivity contribution in [2.45, 2.75) is 13.0 Å². The Morgan fingerprint density at radius 2 is 1.96 bits per heavy atom. The van der Waals surface area contributed by atoms with Gasteiger partial charge in [-0.2, -0.15) is 0 Å². The number of hydrogen-bond donors (Lipinski definition) is 0. The number of amides is 1. The van der Waals surface area contributed by atoms with Crippen LogP contribution < -0.4 is 4.90 Å². The molecule has 6 nitrogen and oxygen atoms in total. The van der Waals surface area contributed by atoms with Crippen molar-refractivity contribution in [2.24, 2.45) is 0 Å². The lowest BCUT2D eigenvalue weighted by molar-refractivity contribution is -0.131. The number of piperazine rings is 1. The average Bonchev–Trinajstić information content (AvgIpc) is 3.30. The first-order chi connectivity index (χ1) is 11.8. The first-order valence-corrected chi connectivity index (χ1v) is 9.01. The van der Waals surface area contributed by atoms with Crippen LogP contribution in [0.4, 0.5) is 5.13 Å². The largest absolute Gasteiger partial charge is 0.345 e. The van der Waals surface area contributed by atoms with Crippen molar-refractivity contribution in [2.75, 3.05) is 31.1 Å². The van der Waals surface area contributed by atoms with Crippen LogP contribution in [0.3, 0.4) is 0 Å². The Morgan fingerprint density at radius 1 is 1.12 bits per heavy atom. The molecule has 124 valence electrons. The second-order valence-electron chi connectivity index (χ2n) is 5.86. The molecule has 1 aliphatic heterocycles. The summed E-state index contributed by atoms with van der Waals surface area (Å²) in [5.41, 5.74) is 2.06. The van der Waals surface area contributed by atoms with Crippen LogP contribution >= 0.6 is 11.3 Å². The van der Waals surface area contributed by atoms with Crippen molar-refractivity contribution < 1.29 is 4.79 Å². The third-order valence-corrected chi connectivity index (χ3v) is 5.25. The maximum absolute atomic E-state index is 12.5. The van der Waals surface area contributed by atoms with Crippen molar-refractivity contribution in [3.8, 4) is 0 Å². The van der Waals surface area contributed by atoms with Crippen LogP contribution in [0.2, 0.25) is 0 Å². The second-order valence-corrected chi connectivity index (χ2v) is 6.73. The first kappa shape index (κ1) is 15.1. The molecule has 1 aromatic carbocycles. The zero-order valence-electron chi connectivity index (χ0n) is 13.3. The van der Waals surface area contributed by atoms with Crippen molar-refractivity contribution in [1.82, 2.24) is 19.4 Å². The van der Waals surface area contributed by atoms with Gasteiger partial charge in [0, 0.05) is 50.7 Å². The number of carbonyl (C=O) groups is 1. The maximum Gasteiger partial charge on any atom is 0.224 e. The smallest absolute Gasteiger partial charge is 0.224 e. The molecule has 1 saturated heterocycles. The molecule has 24 heavy (non-hydrogen) atoms. The molecule has 0 unspecified atom stereocenters. The van der Waals surface area contributed by atoms with Gasteiger partial charge in [-0.3, -0.25) is 4.79 Å². The fraction of sp³-hybridized carbons (Fsp3) is 0.353. The van der Waals surface area contributed by atoms with Gasteiger partial charge in [0.2, 0.25) is 5.91 Å². The summed E-state index contributed by atoms with van der Waals surface area (Å²) >= 11 is 1.65. The molecule has 0 atom stereocenters. The molecule has 3 heterocycles. The minimum atomic E-state index is 0.214. The molecule has 0 spiro atoms. The lowest BCUT2D eigenvalue weighted by Gasteiger charge is -2.34. The highest BCUT2D eigenvalue weighted by molar-refractivity contribution is 7.13. The van der Waals surface area contributed by atoms with Crippen LogP contribution in [-0.4, -0.2) is 51.5 Å². The highest BCUT2D eigenvalue weighted by Crippen LogP contribution is 2.19. The summed E-state index contributed by atoms with van der Waals surface area (Å²) < 4.78 is 2.05. The molecule has 3 aromatic rings. The Morgan fingerprint density at radius 3 is 2.75 bits per heavy atom. The third kappa shape index (κ3) is 2.99. The molecular formula is C17H19N5OS. The number of aromatic nitrogens is 3. The molecule has 4 rings (SSSR count). The number of rotatable bonds is 4. The predicted octanol–water partition coefficient (Wildman–Crippen LogP) is 2.23. The van der Waals surface area contributed by atoms with E-state index in [4.69, 9.17) is 0 Å². The van der Waals surface area contributed by atoms with Gasteiger partial charge in [-0.15, -0.1) is 11.3 Å². The van der Waals surface area contributed by atoms with E-state index < -0.39 is 0 Å². The summed E-state index contributed by atoms with van der Waals surface area (Å²) in [5.74, 6) is 0.214. The monoisotopic (exact) mass is 341 g/mol. The van der Waals surface area contributed by atoms with Gasteiger partial charge in [0.05, 0.1) is 17.4 Å². The SMILES string of the molecule is O=C(CCn1cnc2ccccc21)N1CCN(c2nccs2)CC1. The van der Waals surface area contributed by atoms with Crippen molar-refractivity contribution in [3.63, 3.8) is 0 Å². The highest BCUT2D eigenvalue weighted by atomic mass is 32.1. The van der Waals surface area contributed by atoms with E-state index in [2.05, 4.69) is 19.4 Å². The van der Waals surface area contributed by atoms with Crippen molar-refractivity contribution in [3.05, 3.63) is 42.2 Å². The zero-order valence-corrected chi connectivity index (χ0v) is 14.2. The molecule has 1 aliphatic rings. The summed E-state index contributed by atoms with van der Waals surface area (Å²) in [7, 11) is 0. The number of carbonyl (C=O) groups excluding carboxylic acids is 1. The van der Waals surface area contributed by atoms with E-state index in [-0.39, 0.29) is 5.91 Å². The van der Waals surface area contributed by atoms with E-state index in [1.807, 2.05) is 47.1 Å². The van der Waals surface area contributed by atoms with E-state index in [1.165, 1.54) is 0 Å². The summed E-state index contributed by atoms with van der Waals surface area (Å²) in [4.78, 5) is 25.4. The van der Waals surface area contributed by atoms with Gasteiger partial charge in [-0.1, -0.05) is 12.1 Å². The quantitative estimate of drug-likeness (QED) is 0.730. The van der Waals surface area contributed by atoms with Gasteiger partial charge < -0.3 is 14.4 Å². The van der Waals surface area contributed by atoms with Gasteiger partial charge in [0.15, 0.2) is 5.13 Å². The van der Waals surface area contributed by atoms with E-state index in [0.717, 1.165) is 42.3 Å². The average molecular weight is 341 g/mol. The molecule has 0 radical (unpaired) electrons. The van der Waals surface area contributed by atoms with Gasteiger partial charge in [-0.05, 0) is 12.1 Å². The number of fused-ring (bicyclic) bond motifs is 1. The zero-order chi connectivity index (χ0) is 16.4. The Bertz CT molecular complexity index is 821. The third-order valence-electron chi connectivity index (χ3n) is 4.42. The number of hydrogen-bond acceptors (Lipinski definition) is 5. The Hall–Kier alpha value is -2.41. The number of anilines is 1. The van der Waals surface area contributed by atoms with E-state index in [0.29, 0.717) is 13.0 Å². The van der Waals surface area contributed by atoms with E-state index in [1.54, 1.807) is 11.3 Å². The van der Waals surface area contributed by atoms with Gasteiger partial charge in [0.1, 0.15) is 0 Å². The van der Waals surface area contributed by atoms with Crippen LogP contribution in [0.1, 0.15) is 6.42 Å². The maximum atomic E-state index is 12.5. The Labute approximate surface area is 144 Å². The van der Waals surface area contributed by atoms with E-state index >= 15 is 0 Å². The van der Waals surface area contributed by atoms with Crippen LogP contribution in [0.5, 0.6) is 0 Å². The van der Waals surface area contributed by atoms with Crippen LogP contribution in [0.15, 0.2) is 42.2 Å². The molecule has 7 heteroatoms. The minimum absolute atomic E-state index is 0.214. The molecule has 2 aromatic heterocycles. The standard InChI is InChI=1S/C17H19N5OS/c23-16(5-7-22-13-19-14-3-1-2-4-15(14)22)20-8-10-21(11-9-20)17-18-6-12-24-17/h1-4,6,12-13H,5,7-11H2. The van der Waals surface area contributed by atoms with Gasteiger partial charge >= 0.3 is 0 Å². The summed E-state index contributed by atoms with van der Waals surface area (Å²) in [6.07, 6.45) is 4.16. The molecule has 1 amide bonds. The number of benzene rings is 1. The molecule has 1 fully saturated rings. The minimum Gasteiger partial charge on any atom is -0.345 e. The van der Waals surface area contributed by atoms with Gasteiger partial charge in [0.25, 0.3) is 0 Å². The number of imidazole rings is 1. The fourth-order valence-corrected chi connectivity index (χ4v) is 3.78. The number of para-hydroxylation sites is 2. The number of nitrogens with zero attached hydrogens (tertiary/aromatic N) is 5. The molecule has 0 saturated carbocycles. The normalized spacial score (nSPS) is 15.2. The molecule has 0 N–H and O–H groups in total. The van der Waals surface area contributed by atoms with Crippen LogP contribution in [0, 0.1) is 0 Å². The number of aryl methyl sites for hydroxylation is 1. The van der Waals surface area contributed by atoms with Gasteiger partial charge in [-0.25, -0.2) is 9.97 Å². The molecule has 0 aliphatic carbocycles. The summed E-state index contributed by atoms with van der Waals surface area (Å²) in [6, 6.07) is 8.01. The Balaban J connectivity index is 1.32. The second kappa shape index (κ2) is 6.60. The lowest BCUT2D eigenvalue weighted by Crippen LogP contribution is -2.48.